The van der Waals surface area contributed by atoms with Gasteiger partial charge >= 0.3 is 0 Å². The molecule has 26 heavy (non-hydrogen) atoms. The van der Waals surface area contributed by atoms with E-state index in [-0.39, 0.29) is 5.75 Å². The van der Waals surface area contributed by atoms with Gasteiger partial charge in [-0.25, -0.2) is 4.98 Å². The lowest BCUT2D eigenvalue weighted by Gasteiger charge is -2.11. The SMILES string of the molecule is CC(=O)O.CCn1ccc2c(C)c3nc4ccc(O)cc4c3c(C)c2c1. The van der Waals surface area contributed by atoms with Crippen LogP contribution in [0.15, 0.2) is 36.7 Å². The van der Waals surface area contributed by atoms with Crippen molar-refractivity contribution in [3.8, 4) is 5.75 Å². The lowest BCUT2D eigenvalue weighted by molar-refractivity contribution is -0.134. The lowest BCUT2D eigenvalue weighted by Crippen LogP contribution is -1.96. The van der Waals surface area contributed by atoms with Crippen molar-refractivity contribution in [2.75, 3.05) is 0 Å². The second kappa shape index (κ2) is 6.67. The van der Waals surface area contributed by atoms with E-state index in [2.05, 4.69) is 43.8 Å². The Morgan fingerprint density at radius 1 is 1.12 bits per heavy atom. The Kier molecular flexibility index (Phi) is 4.55. The Balaban J connectivity index is 0.000000447. The summed E-state index contributed by atoms with van der Waals surface area (Å²) in [6.45, 7) is 8.46. The van der Waals surface area contributed by atoms with Crippen molar-refractivity contribution in [1.29, 1.82) is 0 Å². The third-order valence-electron chi connectivity index (χ3n) is 4.64. The molecule has 0 fully saturated rings. The summed E-state index contributed by atoms with van der Waals surface area (Å²) in [6.07, 6.45) is 4.33. The first kappa shape index (κ1) is 17.7. The van der Waals surface area contributed by atoms with Gasteiger partial charge in [0.05, 0.1) is 11.0 Å². The van der Waals surface area contributed by atoms with Crippen LogP contribution in [-0.2, 0) is 11.3 Å². The second-order valence-corrected chi connectivity index (χ2v) is 6.41. The highest BCUT2D eigenvalue weighted by atomic mass is 16.4. The number of fused-ring (bicyclic) bond motifs is 4. The van der Waals surface area contributed by atoms with E-state index < -0.39 is 5.97 Å². The molecule has 134 valence electrons. The zero-order chi connectivity index (χ0) is 19.0. The molecule has 4 aromatic rings. The summed E-state index contributed by atoms with van der Waals surface area (Å²) in [5, 5.41) is 21.9. The van der Waals surface area contributed by atoms with Gasteiger partial charge in [0, 0.05) is 42.0 Å². The van der Waals surface area contributed by atoms with Crippen molar-refractivity contribution in [3.63, 3.8) is 0 Å². The smallest absolute Gasteiger partial charge is 0.300 e. The zero-order valence-electron chi connectivity index (χ0n) is 15.4. The van der Waals surface area contributed by atoms with E-state index >= 15 is 0 Å². The minimum absolute atomic E-state index is 0.288. The Bertz CT molecular complexity index is 1140. The average Bonchev–Trinajstić information content (AvgIpc) is 2.97. The summed E-state index contributed by atoms with van der Waals surface area (Å²) in [5.74, 6) is -0.546. The van der Waals surface area contributed by atoms with Crippen LogP contribution in [0, 0.1) is 13.8 Å². The van der Waals surface area contributed by atoms with E-state index in [1.807, 2.05) is 12.1 Å². The predicted octanol–water partition coefficient (Wildman–Crippen LogP) is 4.78. The van der Waals surface area contributed by atoms with Gasteiger partial charge in [-0.15, -0.1) is 0 Å². The monoisotopic (exact) mass is 350 g/mol. The number of aromatic nitrogens is 2. The van der Waals surface area contributed by atoms with E-state index in [0.29, 0.717) is 0 Å². The quantitative estimate of drug-likeness (QED) is 0.518. The molecule has 0 aliphatic rings. The van der Waals surface area contributed by atoms with E-state index in [9.17, 15) is 5.11 Å². The molecule has 0 saturated carbocycles. The molecular formula is C21H22N2O3. The number of hydrogen-bond donors (Lipinski definition) is 2. The molecule has 0 unspecified atom stereocenters. The summed E-state index contributed by atoms with van der Waals surface area (Å²) in [6, 6.07) is 7.58. The molecule has 0 atom stereocenters. The summed E-state index contributed by atoms with van der Waals surface area (Å²) >= 11 is 0. The van der Waals surface area contributed by atoms with Gasteiger partial charge in [-0.2, -0.15) is 0 Å². The number of carboxylic acid groups (broad SMARTS) is 1. The van der Waals surface area contributed by atoms with Crippen LogP contribution in [0.3, 0.4) is 0 Å². The van der Waals surface area contributed by atoms with E-state index in [1.165, 1.54) is 21.9 Å². The minimum atomic E-state index is -0.833. The number of aryl methyl sites for hydroxylation is 3. The fourth-order valence-corrected chi connectivity index (χ4v) is 3.40. The first-order valence-corrected chi connectivity index (χ1v) is 8.54. The Morgan fingerprint density at radius 2 is 1.81 bits per heavy atom. The van der Waals surface area contributed by atoms with Crippen molar-refractivity contribution in [2.24, 2.45) is 0 Å². The van der Waals surface area contributed by atoms with Crippen LogP contribution in [0.5, 0.6) is 5.75 Å². The number of aromatic hydroxyl groups is 1. The molecule has 0 radical (unpaired) electrons. The second-order valence-electron chi connectivity index (χ2n) is 6.41. The van der Waals surface area contributed by atoms with Gasteiger partial charge in [-0.1, -0.05) is 0 Å². The van der Waals surface area contributed by atoms with Crippen LogP contribution in [0.25, 0.3) is 32.6 Å². The Labute approximate surface area is 151 Å². The molecule has 2 N–H and O–H groups in total. The lowest BCUT2D eigenvalue weighted by atomic mass is 9.97. The van der Waals surface area contributed by atoms with Crippen molar-refractivity contribution in [1.82, 2.24) is 9.55 Å². The van der Waals surface area contributed by atoms with Crippen LogP contribution in [0.1, 0.15) is 25.0 Å². The molecule has 2 aromatic carbocycles. The first-order chi connectivity index (χ1) is 12.3. The zero-order valence-corrected chi connectivity index (χ0v) is 15.4. The largest absolute Gasteiger partial charge is 0.508 e. The third-order valence-corrected chi connectivity index (χ3v) is 4.64. The fraction of sp³-hybridized carbons (Fsp3) is 0.238. The van der Waals surface area contributed by atoms with Gasteiger partial charge in [0.15, 0.2) is 0 Å². The van der Waals surface area contributed by atoms with E-state index in [0.717, 1.165) is 35.3 Å². The molecule has 0 amide bonds. The summed E-state index contributed by atoms with van der Waals surface area (Å²) < 4.78 is 2.19. The molecular weight excluding hydrogens is 328 g/mol. The Hall–Kier alpha value is -3.08. The van der Waals surface area contributed by atoms with Crippen molar-refractivity contribution in [2.45, 2.75) is 34.2 Å². The number of carboxylic acids is 1. The van der Waals surface area contributed by atoms with E-state index in [1.54, 1.807) is 6.07 Å². The number of nitrogens with zero attached hydrogens (tertiary/aromatic N) is 2. The Morgan fingerprint density at radius 3 is 2.46 bits per heavy atom. The normalized spacial score (nSPS) is 10.9. The van der Waals surface area contributed by atoms with Gasteiger partial charge in [0.1, 0.15) is 5.75 Å². The number of carbonyl (C=O) groups is 1. The van der Waals surface area contributed by atoms with Crippen molar-refractivity contribution in [3.05, 3.63) is 47.8 Å². The topological polar surface area (TPSA) is 75.3 Å². The van der Waals surface area contributed by atoms with Gasteiger partial charge in [-0.05, 0) is 61.5 Å². The summed E-state index contributed by atoms with van der Waals surface area (Å²) in [7, 11) is 0. The molecule has 5 nitrogen and oxygen atoms in total. The van der Waals surface area contributed by atoms with Crippen LogP contribution in [0.2, 0.25) is 0 Å². The fourth-order valence-electron chi connectivity index (χ4n) is 3.40. The van der Waals surface area contributed by atoms with Crippen LogP contribution in [0.4, 0.5) is 0 Å². The predicted molar refractivity (Wildman–Crippen MR) is 105 cm³/mol. The molecule has 0 saturated heterocycles. The molecule has 5 heteroatoms. The van der Waals surface area contributed by atoms with Gasteiger partial charge in [0.25, 0.3) is 5.97 Å². The molecule has 2 aromatic heterocycles. The van der Waals surface area contributed by atoms with Crippen LogP contribution in [-0.4, -0.2) is 25.7 Å². The molecule has 0 spiro atoms. The first-order valence-electron chi connectivity index (χ1n) is 8.54. The number of benzene rings is 2. The maximum absolute atomic E-state index is 9.83. The molecule has 2 heterocycles. The van der Waals surface area contributed by atoms with E-state index in [4.69, 9.17) is 14.9 Å². The average molecular weight is 350 g/mol. The molecule has 4 rings (SSSR count). The number of hydrogen-bond acceptors (Lipinski definition) is 3. The number of phenols is 1. The maximum atomic E-state index is 9.83. The van der Waals surface area contributed by atoms with Gasteiger partial charge in [0.2, 0.25) is 0 Å². The van der Waals surface area contributed by atoms with Crippen molar-refractivity contribution >= 4 is 38.5 Å². The number of pyridine rings is 1. The highest BCUT2D eigenvalue weighted by Crippen LogP contribution is 2.37. The molecule has 0 aliphatic heterocycles. The maximum Gasteiger partial charge on any atom is 0.300 e. The van der Waals surface area contributed by atoms with Crippen LogP contribution >= 0.6 is 0 Å². The minimum Gasteiger partial charge on any atom is -0.508 e. The standard InChI is InChI=1S/C19H18N2O.C2H4O2/c1-4-21-8-7-14-12(3)19-18(11(2)16(14)10-21)15-9-13(22)5-6-17(15)20-19;1-2(3)4/h5-10,22H,4H2,1-3H3;1H3,(H,3,4). The molecule has 0 bridgehead atoms. The van der Waals surface area contributed by atoms with Gasteiger partial charge < -0.3 is 14.8 Å². The van der Waals surface area contributed by atoms with Crippen LogP contribution < -0.4 is 0 Å². The highest BCUT2D eigenvalue weighted by molar-refractivity contribution is 6.16. The van der Waals surface area contributed by atoms with Gasteiger partial charge in [-0.3, -0.25) is 4.79 Å². The van der Waals surface area contributed by atoms with Crippen molar-refractivity contribution < 1.29 is 15.0 Å². The number of phenolic OH excluding ortho intramolecular Hbond substituents is 1. The summed E-state index contributed by atoms with van der Waals surface area (Å²) in [5.41, 5.74) is 4.42. The number of rotatable bonds is 1. The third kappa shape index (κ3) is 2.96. The molecule has 0 aliphatic carbocycles. The number of aliphatic carboxylic acids is 1. The summed E-state index contributed by atoms with van der Waals surface area (Å²) in [4.78, 5) is 13.8. The highest BCUT2D eigenvalue weighted by Gasteiger charge is 2.15.